The minimum Gasteiger partial charge on any atom is -0.497 e. The lowest BCUT2D eigenvalue weighted by atomic mass is 9.94. The van der Waals surface area contributed by atoms with Crippen LogP contribution >= 0.6 is 35.8 Å². The fourth-order valence-corrected chi connectivity index (χ4v) is 3.96. The zero-order valence-corrected chi connectivity index (χ0v) is 14.4. The zero-order valence-electron chi connectivity index (χ0n) is 12.0. The van der Waals surface area contributed by atoms with E-state index in [9.17, 15) is 0 Å². The molecule has 3 nitrogen and oxygen atoms in total. The Balaban J connectivity index is 0.00000161. The quantitative estimate of drug-likeness (QED) is 0.774. The zero-order chi connectivity index (χ0) is 14.2. The molecule has 0 aromatic heterocycles. The Labute approximate surface area is 140 Å². The summed E-state index contributed by atoms with van der Waals surface area (Å²) in [5, 5.41) is 3.18. The van der Waals surface area contributed by atoms with Gasteiger partial charge in [-0.2, -0.15) is 0 Å². The summed E-state index contributed by atoms with van der Waals surface area (Å²) < 4.78 is 5.19. The second-order valence-electron chi connectivity index (χ2n) is 5.36. The highest BCUT2D eigenvalue weighted by molar-refractivity contribution is 8.16. The summed E-state index contributed by atoms with van der Waals surface area (Å²) in [4.78, 5) is 7.12. The number of rotatable bonds is 4. The van der Waals surface area contributed by atoms with Gasteiger partial charge in [-0.1, -0.05) is 23.9 Å². The number of nitrogens with zero attached hydrogens (tertiary/aromatic N) is 2. The average Bonchev–Trinajstić information content (AvgIpc) is 2.95. The van der Waals surface area contributed by atoms with E-state index in [1.807, 2.05) is 12.1 Å². The lowest BCUT2D eigenvalue weighted by molar-refractivity contribution is 0.403. The molecule has 0 bridgehead atoms. The highest BCUT2D eigenvalue weighted by Gasteiger charge is 2.39. The van der Waals surface area contributed by atoms with E-state index in [4.69, 9.17) is 21.3 Å². The summed E-state index contributed by atoms with van der Waals surface area (Å²) in [6.07, 6.45) is 0.924. The number of thioether (sulfide) groups is 1. The number of allylic oxidation sites excluding steroid dienone is 1. The first-order valence-electron chi connectivity index (χ1n) is 6.55. The van der Waals surface area contributed by atoms with Crippen LogP contribution in [0.2, 0.25) is 0 Å². The van der Waals surface area contributed by atoms with Crippen molar-refractivity contribution >= 4 is 40.9 Å². The van der Waals surface area contributed by atoms with E-state index in [2.05, 4.69) is 29.4 Å². The third-order valence-electron chi connectivity index (χ3n) is 3.62. The molecule has 2 heterocycles. The van der Waals surface area contributed by atoms with Crippen LogP contribution in [0.1, 0.15) is 12.5 Å². The van der Waals surface area contributed by atoms with E-state index in [1.54, 1.807) is 18.9 Å². The largest absolute Gasteiger partial charge is 0.497 e. The van der Waals surface area contributed by atoms with Gasteiger partial charge in [-0.05, 0) is 36.4 Å². The maximum atomic E-state index is 5.97. The molecule has 1 aromatic rings. The molecule has 0 spiro atoms. The van der Waals surface area contributed by atoms with Crippen molar-refractivity contribution in [1.29, 1.82) is 0 Å². The first-order chi connectivity index (χ1) is 9.63. The first-order valence-corrected chi connectivity index (χ1v) is 7.97. The molecule has 0 fully saturated rings. The molecule has 114 valence electrons. The Kier molecular flexibility index (Phi) is 5.12. The first kappa shape index (κ1) is 16.5. The van der Waals surface area contributed by atoms with E-state index < -0.39 is 0 Å². The van der Waals surface area contributed by atoms with E-state index >= 15 is 0 Å². The predicted molar refractivity (Wildman–Crippen MR) is 92.9 cm³/mol. The van der Waals surface area contributed by atoms with Crippen molar-refractivity contribution in [3.05, 3.63) is 40.9 Å². The van der Waals surface area contributed by atoms with Crippen LogP contribution in [-0.4, -0.2) is 35.1 Å². The number of ether oxygens (including phenoxy) is 1. The Morgan fingerprint density at radius 2 is 2.10 bits per heavy atom. The standard InChI is InChI=1S/C15H17ClN2OS.ClH/c1-15(7-11-3-5-13(19-2)6-4-11)10-18-12(8-16)9-20-14(18)17-15;/h3-6,9H,7-8,10H2,1-2H3;1H. The summed E-state index contributed by atoms with van der Waals surface area (Å²) in [5.41, 5.74) is 2.36. The molecule has 6 heteroatoms. The predicted octanol–water partition coefficient (Wildman–Crippen LogP) is 3.92. The maximum Gasteiger partial charge on any atom is 0.168 e. The molecule has 0 radical (unpaired) electrons. The van der Waals surface area contributed by atoms with Gasteiger partial charge in [0.1, 0.15) is 5.75 Å². The normalized spacial score (nSPS) is 23.3. The number of hydrogen-bond donors (Lipinski definition) is 0. The molecule has 21 heavy (non-hydrogen) atoms. The molecule has 1 aromatic carbocycles. The smallest absolute Gasteiger partial charge is 0.168 e. The van der Waals surface area contributed by atoms with Crippen LogP contribution in [0.4, 0.5) is 0 Å². The van der Waals surface area contributed by atoms with Gasteiger partial charge in [0.15, 0.2) is 5.17 Å². The molecule has 2 aliphatic rings. The van der Waals surface area contributed by atoms with Crippen molar-refractivity contribution in [2.24, 2.45) is 4.99 Å². The molecule has 1 unspecified atom stereocenters. The molecule has 3 rings (SSSR count). The molecule has 0 saturated heterocycles. The van der Waals surface area contributed by atoms with Gasteiger partial charge in [-0.3, -0.25) is 4.99 Å². The number of methoxy groups -OCH3 is 1. The van der Waals surface area contributed by atoms with Gasteiger partial charge in [-0.15, -0.1) is 24.0 Å². The van der Waals surface area contributed by atoms with Crippen molar-refractivity contribution in [1.82, 2.24) is 4.90 Å². The number of halogens is 2. The fourth-order valence-electron chi connectivity index (χ4n) is 2.62. The van der Waals surface area contributed by atoms with Crippen molar-refractivity contribution in [3.63, 3.8) is 0 Å². The summed E-state index contributed by atoms with van der Waals surface area (Å²) in [6.45, 7) is 3.11. The SMILES string of the molecule is COc1ccc(CC2(C)CN3C(CCl)=CSC3=N2)cc1.Cl. The Bertz CT molecular complexity index is 574. The number of aliphatic imine (C=N–C) groups is 1. The number of alkyl halides is 1. The summed E-state index contributed by atoms with van der Waals surface area (Å²) in [7, 11) is 1.69. The number of fused-ring (bicyclic) bond motifs is 1. The minimum atomic E-state index is -0.0809. The van der Waals surface area contributed by atoms with E-state index in [0.29, 0.717) is 5.88 Å². The van der Waals surface area contributed by atoms with Gasteiger partial charge in [0.2, 0.25) is 0 Å². The molecule has 0 aliphatic carbocycles. The van der Waals surface area contributed by atoms with Crippen LogP contribution in [0.5, 0.6) is 5.75 Å². The molecule has 0 saturated carbocycles. The third kappa shape index (κ3) is 3.33. The number of benzene rings is 1. The molecule has 0 amide bonds. The summed E-state index contributed by atoms with van der Waals surface area (Å²) >= 11 is 7.64. The average molecular weight is 345 g/mol. The van der Waals surface area contributed by atoms with Crippen molar-refractivity contribution in [2.45, 2.75) is 18.9 Å². The Morgan fingerprint density at radius 1 is 1.38 bits per heavy atom. The molecule has 2 aliphatic heterocycles. The molecule has 1 atom stereocenters. The lowest BCUT2D eigenvalue weighted by Gasteiger charge is -2.24. The van der Waals surface area contributed by atoms with Crippen LogP contribution < -0.4 is 4.74 Å². The van der Waals surface area contributed by atoms with Gasteiger partial charge in [0.05, 0.1) is 25.1 Å². The van der Waals surface area contributed by atoms with Crippen LogP contribution in [0.25, 0.3) is 0 Å². The van der Waals surface area contributed by atoms with Crippen molar-refractivity contribution < 1.29 is 4.74 Å². The van der Waals surface area contributed by atoms with Crippen molar-refractivity contribution in [2.75, 3.05) is 19.5 Å². The highest BCUT2D eigenvalue weighted by Crippen LogP contribution is 2.37. The van der Waals surface area contributed by atoms with E-state index in [0.717, 1.165) is 29.6 Å². The second kappa shape index (κ2) is 6.51. The lowest BCUT2D eigenvalue weighted by Crippen LogP contribution is -2.33. The molecular weight excluding hydrogens is 327 g/mol. The Hall–Kier alpha value is -0.840. The maximum absolute atomic E-state index is 5.97. The van der Waals surface area contributed by atoms with Gasteiger partial charge in [0, 0.05) is 5.70 Å². The van der Waals surface area contributed by atoms with Gasteiger partial charge >= 0.3 is 0 Å². The third-order valence-corrected chi connectivity index (χ3v) is 4.81. The summed E-state index contributed by atoms with van der Waals surface area (Å²) in [5.74, 6) is 1.44. The molecular formula is C15H18Cl2N2OS. The monoisotopic (exact) mass is 344 g/mol. The fraction of sp³-hybridized carbons (Fsp3) is 0.400. The van der Waals surface area contributed by atoms with Gasteiger partial charge in [-0.25, -0.2) is 0 Å². The van der Waals surface area contributed by atoms with Gasteiger partial charge < -0.3 is 9.64 Å². The van der Waals surface area contributed by atoms with E-state index in [-0.39, 0.29) is 17.9 Å². The van der Waals surface area contributed by atoms with Crippen LogP contribution in [0.3, 0.4) is 0 Å². The van der Waals surface area contributed by atoms with Crippen LogP contribution in [-0.2, 0) is 6.42 Å². The number of amidine groups is 1. The number of hydrogen-bond acceptors (Lipinski definition) is 4. The second-order valence-corrected chi connectivity index (χ2v) is 6.47. The van der Waals surface area contributed by atoms with Gasteiger partial charge in [0.25, 0.3) is 0 Å². The van der Waals surface area contributed by atoms with E-state index in [1.165, 1.54) is 5.56 Å². The minimum absolute atomic E-state index is 0. The Morgan fingerprint density at radius 3 is 2.71 bits per heavy atom. The molecule has 0 N–H and O–H groups in total. The topological polar surface area (TPSA) is 24.8 Å². The van der Waals surface area contributed by atoms with Crippen LogP contribution in [0.15, 0.2) is 40.4 Å². The summed E-state index contributed by atoms with van der Waals surface area (Å²) in [6, 6.07) is 8.22. The van der Waals surface area contributed by atoms with Crippen LogP contribution in [0, 0.1) is 0 Å². The highest BCUT2D eigenvalue weighted by atomic mass is 35.5. The van der Waals surface area contributed by atoms with Crippen molar-refractivity contribution in [3.8, 4) is 5.75 Å².